The summed E-state index contributed by atoms with van der Waals surface area (Å²) in [5.74, 6) is -0.588. The lowest BCUT2D eigenvalue weighted by Crippen LogP contribution is -2.34. The summed E-state index contributed by atoms with van der Waals surface area (Å²) >= 11 is 0. The Kier molecular flexibility index (Phi) is 4.75. The normalized spacial score (nSPS) is 11.0. The number of nitro benzene ring substituents is 1. The number of likely N-dealkylation sites (N-methyl/N-ethyl adjacent to an activating group) is 1. The SMILES string of the molecule is CN(C(=O)Cc1ccccc1)S(=O)(=O)c1ccc([N+](=O)[O-])cc1. The lowest BCUT2D eigenvalue weighted by Gasteiger charge is -2.17. The van der Waals surface area contributed by atoms with Gasteiger partial charge in [0.15, 0.2) is 0 Å². The Bertz CT molecular complexity index is 817. The van der Waals surface area contributed by atoms with Gasteiger partial charge in [0.25, 0.3) is 15.7 Å². The number of amides is 1. The van der Waals surface area contributed by atoms with Gasteiger partial charge >= 0.3 is 0 Å². The first kappa shape index (κ1) is 16.6. The quantitative estimate of drug-likeness (QED) is 0.615. The number of hydrogen-bond acceptors (Lipinski definition) is 5. The van der Waals surface area contributed by atoms with Crippen LogP contribution in [0.5, 0.6) is 0 Å². The number of non-ortho nitro benzene ring substituents is 1. The van der Waals surface area contributed by atoms with E-state index in [0.29, 0.717) is 9.87 Å². The van der Waals surface area contributed by atoms with Crippen LogP contribution in [0.3, 0.4) is 0 Å². The highest BCUT2D eigenvalue weighted by molar-refractivity contribution is 7.89. The van der Waals surface area contributed by atoms with Crippen molar-refractivity contribution in [3.8, 4) is 0 Å². The van der Waals surface area contributed by atoms with Crippen LogP contribution in [0.15, 0.2) is 59.5 Å². The first-order chi connectivity index (χ1) is 10.8. The van der Waals surface area contributed by atoms with Crippen LogP contribution in [0.4, 0.5) is 5.69 Å². The highest BCUT2D eigenvalue weighted by Crippen LogP contribution is 2.19. The van der Waals surface area contributed by atoms with Crippen molar-refractivity contribution in [1.82, 2.24) is 4.31 Å². The van der Waals surface area contributed by atoms with Crippen LogP contribution < -0.4 is 0 Å². The van der Waals surface area contributed by atoms with E-state index in [1.165, 1.54) is 7.05 Å². The van der Waals surface area contributed by atoms with Crippen LogP contribution in [0.1, 0.15) is 5.56 Å². The third-order valence-electron chi connectivity index (χ3n) is 3.26. The average molecular weight is 334 g/mol. The number of carbonyl (C=O) groups is 1. The molecule has 0 bridgehead atoms. The molecule has 0 saturated heterocycles. The van der Waals surface area contributed by atoms with Gasteiger partial charge in [-0.05, 0) is 17.7 Å². The summed E-state index contributed by atoms with van der Waals surface area (Å²) in [5.41, 5.74) is 0.477. The first-order valence-electron chi connectivity index (χ1n) is 6.62. The number of sulfonamides is 1. The summed E-state index contributed by atoms with van der Waals surface area (Å²) in [6, 6.07) is 13.2. The largest absolute Gasteiger partial charge is 0.273 e. The second-order valence-electron chi connectivity index (χ2n) is 4.78. The molecule has 0 N–H and O–H groups in total. The van der Waals surface area contributed by atoms with E-state index in [-0.39, 0.29) is 17.0 Å². The molecule has 0 fully saturated rings. The summed E-state index contributed by atoms with van der Waals surface area (Å²) in [6.45, 7) is 0. The van der Waals surface area contributed by atoms with Gasteiger partial charge in [0.05, 0.1) is 16.2 Å². The molecule has 2 aromatic rings. The summed E-state index contributed by atoms with van der Waals surface area (Å²) in [5, 5.41) is 10.6. The molecule has 2 rings (SSSR count). The Balaban J connectivity index is 2.20. The molecule has 23 heavy (non-hydrogen) atoms. The zero-order valence-electron chi connectivity index (χ0n) is 12.2. The zero-order chi connectivity index (χ0) is 17.0. The Labute approximate surface area is 133 Å². The van der Waals surface area contributed by atoms with Crippen LogP contribution in [-0.2, 0) is 21.2 Å². The standard InChI is InChI=1S/C15H14N2O5S/c1-16(15(18)11-12-5-3-2-4-6-12)23(21,22)14-9-7-13(8-10-14)17(19)20/h2-10H,11H2,1H3. The molecule has 1 amide bonds. The number of rotatable bonds is 5. The molecule has 120 valence electrons. The predicted molar refractivity (Wildman–Crippen MR) is 83.2 cm³/mol. The zero-order valence-corrected chi connectivity index (χ0v) is 13.1. The van der Waals surface area contributed by atoms with Crippen LogP contribution >= 0.6 is 0 Å². The van der Waals surface area contributed by atoms with Crippen LogP contribution in [-0.4, -0.2) is 30.6 Å². The third-order valence-corrected chi connectivity index (χ3v) is 5.05. The minimum atomic E-state index is -4.04. The number of hydrogen-bond donors (Lipinski definition) is 0. The van der Waals surface area contributed by atoms with Crippen LogP contribution in [0, 0.1) is 10.1 Å². The summed E-state index contributed by atoms with van der Waals surface area (Å²) in [6.07, 6.45) is -0.0520. The molecule has 0 saturated carbocycles. The number of nitrogens with zero attached hydrogens (tertiary/aromatic N) is 2. The fourth-order valence-electron chi connectivity index (χ4n) is 1.91. The van der Waals surface area contributed by atoms with Crippen molar-refractivity contribution < 1.29 is 18.1 Å². The van der Waals surface area contributed by atoms with Crippen molar-refractivity contribution in [2.45, 2.75) is 11.3 Å². The van der Waals surface area contributed by atoms with Crippen molar-refractivity contribution in [1.29, 1.82) is 0 Å². The molecule has 0 unspecified atom stereocenters. The topological polar surface area (TPSA) is 97.6 Å². The molecule has 7 nitrogen and oxygen atoms in total. The van der Waals surface area contributed by atoms with E-state index in [9.17, 15) is 23.3 Å². The van der Waals surface area contributed by atoms with Gasteiger partial charge in [-0.25, -0.2) is 12.7 Å². The number of benzene rings is 2. The minimum absolute atomic E-state index is 0.0520. The van der Waals surface area contributed by atoms with E-state index in [0.717, 1.165) is 24.3 Å². The van der Waals surface area contributed by atoms with E-state index in [1.54, 1.807) is 30.3 Å². The molecule has 0 radical (unpaired) electrons. The summed E-state index contributed by atoms with van der Waals surface area (Å²) < 4.78 is 25.4. The van der Waals surface area contributed by atoms with Gasteiger partial charge in [-0.2, -0.15) is 0 Å². The highest BCUT2D eigenvalue weighted by atomic mass is 32.2. The Morgan fingerprint density at radius 1 is 1.09 bits per heavy atom. The second kappa shape index (κ2) is 6.57. The molecular weight excluding hydrogens is 320 g/mol. The Morgan fingerprint density at radius 2 is 1.65 bits per heavy atom. The van der Waals surface area contributed by atoms with Gasteiger partial charge in [-0.3, -0.25) is 14.9 Å². The van der Waals surface area contributed by atoms with Crippen molar-refractivity contribution in [3.05, 3.63) is 70.3 Å². The molecule has 0 aliphatic rings. The van der Waals surface area contributed by atoms with Gasteiger partial charge in [-0.15, -0.1) is 0 Å². The molecule has 0 aliphatic carbocycles. The molecule has 0 heterocycles. The fraction of sp³-hybridized carbons (Fsp3) is 0.133. The predicted octanol–water partition coefficient (Wildman–Crippen LogP) is 1.98. The van der Waals surface area contributed by atoms with Crippen molar-refractivity contribution in [3.63, 3.8) is 0 Å². The van der Waals surface area contributed by atoms with Crippen LogP contribution in [0.25, 0.3) is 0 Å². The highest BCUT2D eigenvalue weighted by Gasteiger charge is 2.26. The maximum Gasteiger partial charge on any atom is 0.269 e. The summed E-state index contributed by atoms with van der Waals surface area (Å²) in [7, 11) is -2.87. The monoisotopic (exact) mass is 334 g/mol. The van der Waals surface area contributed by atoms with Crippen molar-refractivity contribution in [2.24, 2.45) is 0 Å². The number of nitro groups is 1. The van der Waals surface area contributed by atoms with E-state index in [2.05, 4.69) is 0 Å². The van der Waals surface area contributed by atoms with Gasteiger partial charge in [0.2, 0.25) is 5.91 Å². The minimum Gasteiger partial charge on any atom is -0.273 e. The lowest BCUT2D eigenvalue weighted by molar-refractivity contribution is -0.384. The van der Waals surface area contributed by atoms with Crippen LogP contribution in [0.2, 0.25) is 0 Å². The van der Waals surface area contributed by atoms with E-state index < -0.39 is 20.9 Å². The Hall–Kier alpha value is -2.74. The van der Waals surface area contributed by atoms with Gasteiger partial charge < -0.3 is 0 Å². The van der Waals surface area contributed by atoms with E-state index >= 15 is 0 Å². The first-order valence-corrected chi connectivity index (χ1v) is 8.06. The third kappa shape index (κ3) is 3.72. The number of carbonyl (C=O) groups excluding carboxylic acids is 1. The molecule has 0 atom stereocenters. The smallest absolute Gasteiger partial charge is 0.269 e. The molecule has 0 aliphatic heterocycles. The van der Waals surface area contributed by atoms with E-state index in [1.807, 2.05) is 0 Å². The average Bonchev–Trinajstić information content (AvgIpc) is 2.55. The second-order valence-corrected chi connectivity index (χ2v) is 6.75. The summed E-state index contributed by atoms with van der Waals surface area (Å²) in [4.78, 5) is 21.9. The molecule has 2 aromatic carbocycles. The van der Waals surface area contributed by atoms with Crippen molar-refractivity contribution >= 4 is 21.6 Å². The Morgan fingerprint density at radius 3 is 2.17 bits per heavy atom. The molecule has 0 spiro atoms. The van der Waals surface area contributed by atoms with Crippen molar-refractivity contribution in [2.75, 3.05) is 7.05 Å². The van der Waals surface area contributed by atoms with E-state index in [4.69, 9.17) is 0 Å². The lowest BCUT2D eigenvalue weighted by atomic mass is 10.1. The fourth-order valence-corrected chi connectivity index (χ4v) is 3.04. The van der Waals surface area contributed by atoms with Gasteiger partial charge in [0.1, 0.15) is 0 Å². The maximum atomic E-state index is 12.4. The molecule has 0 aromatic heterocycles. The van der Waals surface area contributed by atoms with Gasteiger partial charge in [0, 0.05) is 19.2 Å². The molecule has 8 heteroatoms. The molecular formula is C15H14N2O5S. The maximum absolute atomic E-state index is 12.4. The van der Waals surface area contributed by atoms with Gasteiger partial charge in [-0.1, -0.05) is 30.3 Å².